The van der Waals surface area contributed by atoms with Gasteiger partial charge < -0.3 is 15.7 Å². The molecule has 0 spiro atoms. The van der Waals surface area contributed by atoms with E-state index in [-0.39, 0.29) is 5.91 Å². The van der Waals surface area contributed by atoms with Gasteiger partial charge in [0.2, 0.25) is 0 Å². The Morgan fingerprint density at radius 3 is 2.71 bits per heavy atom. The molecule has 0 saturated carbocycles. The highest BCUT2D eigenvalue weighted by Crippen LogP contribution is 2.24. The van der Waals surface area contributed by atoms with E-state index in [1.165, 1.54) is 12.1 Å². The minimum absolute atomic E-state index is 0.217. The Morgan fingerprint density at radius 1 is 1.29 bits per heavy atom. The van der Waals surface area contributed by atoms with Crippen LogP contribution in [0.5, 0.6) is 5.75 Å². The highest BCUT2D eigenvalue weighted by molar-refractivity contribution is 6.33. The molecule has 110 valence electrons. The molecule has 2 aromatic carbocycles. The third kappa shape index (κ3) is 3.64. The van der Waals surface area contributed by atoms with E-state index < -0.39 is 11.6 Å². The number of phenols is 1. The van der Waals surface area contributed by atoms with Gasteiger partial charge in [0, 0.05) is 19.2 Å². The van der Waals surface area contributed by atoms with Gasteiger partial charge in [0.15, 0.2) is 11.6 Å². The van der Waals surface area contributed by atoms with Gasteiger partial charge in [-0.1, -0.05) is 17.7 Å². The number of benzene rings is 2. The third-order valence-corrected chi connectivity index (χ3v) is 3.28. The summed E-state index contributed by atoms with van der Waals surface area (Å²) < 4.78 is 13.2. The second-order valence-electron chi connectivity index (χ2n) is 4.41. The summed E-state index contributed by atoms with van der Waals surface area (Å²) in [5, 5.41) is 15.2. The first-order valence-electron chi connectivity index (χ1n) is 6.24. The fourth-order valence-corrected chi connectivity index (χ4v) is 1.99. The number of anilines is 1. The topological polar surface area (TPSA) is 61.4 Å². The summed E-state index contributed by atoms with van der Waals surface area (Å²) in [5.41, 5.74) is 1.69. The van der Waals surface area contributed by atoms with Crippen molar-refractivity contribution in [2.75, 3.05) is 12.4 Å². The molecule has 0 radical (unpaired) electrons. The molecule has 0 unspecified atom stereocenters. The Kier molecular flexibility index (Phi) is 4.65. The number of aromatic hydroxyl groups is 1. The Hall–Kier alpha value is -2.27. The van der Waals surface area contributed by atoms with Crippen LogP contribution < -0.4 is 10.6 Å². The van der Waals surface area contributed by atoms with Crippen molar-refractivity contribution in [2.24, 2.45) is 0 Å². The molecule has 0 bridgehead atoms. The Morgan fingerprint density at radius 2 is 2.05 bits per heavy atom. The molecular formula is C15H14ClFN2O2. The molecule has 2 aromatic rings. The summed E-state index contributed by atoms with van der Waals surface area (Å²) in [6.45, 7) is 0.314. The molecule has 3 N–H and O–H groups in total. The molecule has 0 heterocycles. The van der Waals surface area contributed by atoms with Gasteiger partial charge in [0.1, 0.15) is 0 Å². The number of amides is 1. The normalized spacial score (nSPS) is 10.2. The summed E-state index contributed by atoms with van der Waals surface area (Å²) in [4.78, 5) is 11.6. The molecule has 21 heavy (non-hydrogen) atoms. The van der Waals surface area contributed by atoms with Crippen LogP contribution in [0.1, 0.15) is 15.9 Å². The Labute approximate surface area is 126 Å². The van der Waals surface area contributed by atoms with Crippen molar-refractivity contribution in [1.82, 2.24) is 5.32 Å². The summed E-state index contributed by atoms with van der Waals surface area (Å²) in [7, 11) is 1.54. The van der Waals surface area contributed by atoms with Crippen molar-refractivity contribution in [3.05, 3.63) is 58.4 Å². The SMILES string of the molecule is CNC(=O)c1ccc(Cl)c(NCc2ccc(O)c(F)c2)c1. The molecule has 2 rings (SSSR count). The first kappa shape index (κ1) is 15.1. The molecular weight excluding hydrogens is 295 g/mol. The van der Waals surface area contributed by atoms with E-state index in [2.05, 4.69) is 10.6 Å². The fraction of sp³-hybridized carbons (Fsp3) is 0.133. The lowest BCUT2D eigenvalue weighted by Gasteiger charge is -2.10. The van der Waals surface area contributed by atoms with Gasteiger partial charge in [-0.05, 0) is 35.9 Å². The fourth-order valence-electron chi connectivity index (χ4n) is 1.80. The smallest absolute Gasteiger partial charge is 0.251 e. The van der Waals surface area contributed by atoms with Gasteiger partial charge >= 0.3 is 0 Å². The number of rotatable bonds is 4. The van der Waals surface area contributed by atoms with Crippen molar-refractivity contribution in [3.63, 3.8) is 0 Å². The third-order valence-electron chi connectivity index (χ3n) is 2.95. The lowest BCUT2D eigenvalue weighted by molar-refractivity contribution is 0.0963. The molecule has 0 aliphatic heterocycles. The average Bonchev–Trinajstić information content (AvgIpc) is 2.49. The van der Waals surface area contributed by atoms with E-state index in [0.717, 1.165) is 0 Å². The van der Waals surface area contributed by atoms with Crippen LogP contribution in [-0.4, -0.2) is 18.1 Å². The maximum atomic E-state index is 13.2. The first-order valence-corrected chi connectivity index (χ1v) is 6.62. The predicted octanol–water partition coefficient (Wildman–Crippen LogP) is 3.16. The number of phenolic OH excluding ortho intramolecular Hbond substituents is 1. The summed E-state index contributed by atoms with van der Waals surface area (Å²) in [6.07, 6.45) is 0. The van der Waals surface area contributed by atoms with Crippen LogP contribution in [0.2, 0.25) is 5.02 Å². The zero-order chi connectivity index (χ0) is 15.4. The highest BCUT2D eigenvalue weighted by Gasteiger charge is 2.08. The highest BCUT2D eigenvalue weighted by atomic mass is 35.5. The molecule has 0 aromatic heterocycles. The maximum Gasteiger partial charge on any atom is 0.251 e. The van der Waals surface area contributed by atoms with Gasteiger partial charge in [-0.2, -0.15) is 0 Å². The van der Waals surface area contributed by atoms with Crippen molar-refractivity contribution < 1.29 is 14.3 Å². The Bertz CT molecular complexity index is 677. The molecule has 0 atom stereocenters. The van der Waals surface area contributed by atoms with Crippen LogP contribution in [0.4, 0.5) is 10.1 Å². The van der Waals surface area contributed by atoms with Gasteiger partial charge in [0.25, 0.3) is 5.91 Å². The second kappa shape index (κ2) is 6.45. The van der Waals surface area contributed by atoms with Crippen molar-refractivity contribution >= 4 is 23.2 Å². The first-order chi connectivity index (χ1) is 10.0. The number of carbonyl (C=O) groups is 1. The van der Waals surface area contributed by atoms with Crippen molar-refractivity contribution in [3.8, 4) is 5.75 Å². The predicted molar refractivity (Wildman–Crippen MR) is 80.2 cm³/mol. The van der Waals surface area contributed by atoms with Crippen LogP contribution in [0.15, 0.2) is 36.4 Å². The summed E-state index contributed by atoms with van der Waals surface area (Å²) >= 11 is 6.06. The molecule has 6 heteroatoms. The van der Waals surface area contributed by atoms with Crippen LogP contribution in [0.25, 0.3) is 0 Å². The lowest BCUT2D eigenvalue weighted by atomic mass is 10.1. The van der Waals surface area contributed by atoms with Gasteiger partial charge in [-0.3, -0.25) is 4.79 Å². The van der Waals surface area contributed by atoms with Crippen LogP contribution in [-0.2, 0) is 6.54 Å². The van der Waals surface area contributed by atoms with Crippen LogP contribution in [0.3, 0.4) is 0 Å². The van der Waals surface area contributed by atoms with Crippen LogP contribution in [0, 0.1) is 5.82 Å². The second-order valence-corrected chi connectivity index (χ2v) is 4.82. The zero-order valence-corrected chi connectivity index (χ0v) is 12.0. The zero-order valence-electron chi connectivity index (χ0n) is 11.3. The van der Waals surface area contributed by atoms with E-state index in [1.54, 1.807) is 31.3 Å². The number of carbonyl (C=O) groups excluding carboxylic acids is 1. The van der Waals surface area contributed by atoms with Crippen molar-refractivity contribution in [2.45, 2.75) is 6.54 Å². The van der Waals surface area contributed by atoms with E-state index in [0.29, 0.717) is 28.4 Å². The molecule has 0 fully saturated rings. The minimum atomic E-state index is -0.681. The van der Waals surface area contributed by atoms with Crippen molar-refractivity contribution in [1.29, 1.82) is 0 Å². The molecule has 1 amide bonds. The Balaban J connectivity index is 2.15. The molecule has 0 aliphatic rings. The van der Waals surface area contributed by atoms with E-state index >= 15 is 0 Å². The van der Waals surface area contributed by atoms with E-state index in [9.17, 15) is 9.18 Å². The van der Waals surface area contributed by atoms with Gasteiger partial charge in [-0.25, -0.2) is 4.39 Å². The molecule has 0 aliphatic carbocycles. The number of hydrogen-bond acceptors (Lipinski definition) is 3. The van der Waals surface area contributed by atoms with Gasteiger partial charge in [-0.15, -0.1) is 0 Å². The quantitative estimate of drug-likeness (QED) is 0.813. The molecule has 0 saturated heterocycles. The maximum absolute atomic E-state index is 13.2. The van der Waals surface area contributed by atoms with E-state index in [1.807, 2.05) is 0 Å². The average molecular weight is 309 g/mol. The monoisotopic (exact) mass is 308 g/mol. The van der Waals surface area contributed by atoms with E-state index in [4.69, 9.17) is 16.7 Å². The van der Waals surface area contributed by atoms with Gasteiger partial charge in [0.05, 0.1) is 10.7 Å². The number of halogens is 2. The summed E-state index contributed by atoms with van der Waals surface area (Å²) in [5.74, 6) is -1.29. The minimum Gasteiger partial charge on any atom is -0.505 e. The lowest BCUT2D eigenvalue weighted by Crippen LogP contribution is -2.17. The summed E-state index contributed by atoms with van der Waals surface area (Å²) in [6, 6.07) is 8.98. The number of hydrogen-bond donors (Lipinski definition) is 3. The molecule has 4 nitrogen and oxygen atoms in total. The largest absolute Gasteiger partial charge is 0.505 e. The standard InChI is InChI=1S/C15H14ClFN2O2/c1-18-15(21)10-3-4-11(16)13(7-10)19-8-9-2-5-14(20)12(17)6-9/h2-7,19-20H,8H2,1H3,(H,18,21). The number of nitrogens with one attached hydrogen (secondary N) is 2. The van der Waals surface area contributed by atoms with Crippen LogP contribution >= 0.6 is 11.6 Å².